The summed E-state index contributed by atoms with van der Waals surface area (Å²) in [6, 6.07) is 14.5. The molecule has 0 spiro atoms. The Bertz CT molecular complexity index is 1580. The fourth-order valence-corrected chi connectivity index (χ4v) is 5.19. The topological polar surface area (TPSA) is 117 Å². The smallest absolute Gasteiger partial charge is 0.283 e. The lowest BCUT2D eigenvalue weighted by atomic mass is 10.1. The minimum atomic E-state index is -0.504. The lowest BCUT2D eigenvalue weighted by Gasteiger charge is -2.20. The summed E-state index contributed by atoms with van der Waals surface area (Å²) in [4.78, 5) is 28.0. The first kappa shape index (κ1) is 23.4. The van der Waals surface area contributed by atoms with Gasteiger partial charge in [0.1, 0.15) is 5.04 Å². The molecule has 1 aromatic heterocycles. The van der Waals surface area contributed by atoms with Gasteiger partial charge in [-0.15, -0.1) is 0 Å². The summed E-state index contributed by atoms with van der Waals surface area (Å²) in [6.45, 7) is 7.66. The van der Waals surface area contributed by atoms with Crippen molar-refractivity contribution in [3.63, 3.8) is 0 Å². The standard InChI is InChI=1S/C26H22N6O3S/c1-14-6-5-7-18(10-14)25-29-31-23(27)21(24(33)28-26(31)36-25)12-19-11-16(3)30(17(19)4)22-13-20(32(34)35)9-8-15(22)2/h5-13,27H,1-4H3/b21-12+,27-23?. The van der Waals surface area contributed by atoms with Crippen LogP contribution in [0.4, 0.5) is 5.69 Å². The van der Waals surface area contributed by atoms with E-state index in [1.807, 2.05) is 62.6 Å². The molecule has 0 bridgehead atoms. The monoisotopic (exact) mass is 498 g/mol. The number of hydrogen-bond donors (Lipinski definition) is 1. The molecule has 9 nitrogen and oxygen atoms in total. The molecule has 0 aliphatic carbocycles. The Kier molecular flexibility index (Phi) is 5.68. The second kappa shape index (κ2) is 8.72. The van der Waals surface area contributed by atoms with Crippen LogP contribution in [-0.2, 0) is 4.79 Å². The van der Waals surface area contributed by atoms with Crippen molar-refractivity contribution in [1.82, 2.24) is 9.58 Å². The maximum Gasteiger partial charge on any atom is 0.283 e. The predicted octanol–water partition coefficient (Wildman–Crippen LogP) is 5.29. The number of aryl methyl sites for hydroxylation is 3. The van der Waals surface area contributed by atoms with Gasteiger partial charge in [0.05, 0.1) is 16.2 Å². The molecule has 1 N–H and O–H groups in total. The number of hydrazone groups is 1. The van der Waals surface area contributed by atoms with Gasteiger partial charge in [-0.2, -0.15) is 15.1 Å². The van der Waals surface area contributed by atoms with Crippen molar-refractivity contribution in [2.75, 3.05) is 0 Å². The molecule has 36 heavy (non-hydrogen) atoms. The second-order valence-corrected chi connectivity index (χ2v) is 9.64. The number of nitro groups is 1. The van der Waals surface area contributed by atoms with E-state index in [0.717, 1.165) is 33.6 Å². The van der Waals surface area contributed by atoms with Crippen molar-refractivity contribution in [2.45, 2.75) is 27.7 Å². The molecular weight excluding hydrogens is 476 g/mol. The Hall–Kier alpha value is -4.31. The van der Waals surface area contributed by atoms with Crippen molar-refractivity contribution >= 4 is 45.5 Å². The van der Waals surface area contributed by atoms with Crippen molar-refractivity contribution in [2.24, 2.45) is 10.1 Å². The Labute approximate surface area is 211 Å². The first-order valence-corrected chi connectivity index (χ1v) is 12.0. The summed E-state index contributed by atoms with van der Waals surface area (Å²) in [6.07, 6.45) is 1.64. The molecule has 180 valence electrons. The van der Waals surface area contributed by atoms with Crippen LogP contribution in [0.3, 0.4) is 0 Å². The zero-order chi connectivity index (χ0) is 25.7. The van der Waals surface area contributed by atoms with Gasteiger partial charge < -0.3 is 4.57 Å². The largest absolute Gasteiger partial charge is 0.317 e. The van der Waals surface area contributed by atoms with Crippen LogP contribution in [0.5, 0.6) is 0 Å². The van der Waals surface area contributed by atoms with E-state index in [-0.39, 0.29) is 17.1 Å². The first-order valence-electron chi connectivity index (χ1n) is 11.2. The van der Waals surface area contributed by atoms with Crippen LogP contribution in [0.1, 0.15) is 33.6 Å². The number of rotatable bonds is 4. The predicted molar refractivity (Wildman–Crippen MR) is 142 cm³/mol. The molecular formula is C26H22N6O3S. The van der Waals surface area contributed by atoms with E-state index in [4.69, 9.17) is 5.41 Å². The number of benzene rings is 2. The number of nitrogens with zero attached hydrogens (tertiary/aromatic N) is 5. The number of carbonyl (C=O) groups is 1. The summed E-state index contributed by atoms with van der Waals surface area (Å²) in [7, 11) is 0. The number of fused-ring (bicyclic) bond motifs is 1. The lowest BCUT2D eigenvalue weighted by Crippen LogP contribution is -2.35. The van der Waals surface area contributed by atoms with E-state index in [2.05, 4.69) is 10.1 Å². The quantitative estimate of drug-likeness (QED) is 0.298. The third-order valence-electron chi connectivity index (χ3n) is 6.13. The van der Waals surface area contributed by atoms with E-state index in [0.29, 0.717) is 15.9 Å². The highest BCUT2D eigenvalue weighted by molar-refractivity contribution is 8.27. The van der Waals surface area contributed by atoms with E-state index in [1.165, 1.54) is 22.8 Å². The van der Waals surface area contributed by atoms with Crippen molar-refractivity contribution < 1.29 is 9.72 Å². The van der Waals surface area contributed by atoms with E-state index < -0.39 is 10.8 Å². The van der Waals surface area contributed by atoms with Crippen molar-refractivity contribution in [3.8, 4) is 5.69 Å². The third kappa shape index (κ3) is 3.95. The van der Waals surface area contributed by atoms with Crippen LogP contribution < -0.4 is 0 Å². The molecule has 0 fully saturated rings. The molecule has 5 rings (SSSR count). The summed E-state index contributed by atoms with van der Waals surface area (Å²) in [5, 5.41) is 27.0. The van der Waals surface area contributed by atoms with Crippen LogP contribution in [0.25, 0.3) is 11.8 Å². The number of amides is 1. The maximum atomic E-state index is 12.9. The zero-order valence-corrected chi connectivity index (χ0v) is 20.9. The molecule has 0 saturated carbocycles. The minimum Gasteiger partial charge on any atom is -0.317 e. The zero-order valence-electron chi connectivity index (χ0n) is 20.1. The molecule has 2 aromatic carbocycles. The third-order valence-corrected chi connectivity index (χ3v) is 7.09. The Balaban J connectivity index is 1.53. The second-order valence-electron chi connectivity index (χ2n) is 8.68. The van der Waals surface area contributed by atoms with E-state index in [1.54, 1.807) is 18.2 Å². The van der Waals surface area contributed by atoms with Crippen molar-refractivity contribution in [3.05, 3.63) is 97.9 Å². The molecule has 3 heterocycles. The summed E-state index contributed by atoms with van der Waals surface area (Å²) >= 11 is 1.26. The summed E-state index contributed by atoms with van der Waals surface area (Å²) in [5.41, 5.74) is 6.05. The van der Waals surface area contributed by atoms with Gasteiger partial charge in [-0.1, -0.05) is 29.8 Å². The number of nitro benzene ring substituents is 1. The molecule has 2 aliphatic rings. The lowest BCUT2D eigenvalue weighted by molar-refractivity contribution is -0.384. The van der Waals surface area contributed by atoms with Crippen LogP contribution >= 0.6 is 11.8 Å². The van der Waals surface area contributed by atoms with Gasteiger partial charge >= 0.3 is 0 Å². The fourth-order valence-electron chi connectivity index (χ4n) is 4.30. The number of thioether (sulfide) groups is 1. The molecule has 0 saturated heterocycles. The normalized spacial score (nSPS) is 16.3. The average molecular weight is 499 g/mol. The highest BCUT2D eigenvalue weighted by Gasteiger charge is 2.36. The highest BCUT2D eigenvalue weighted by Crippen LogP contribution is 2.32. The van der Waals surface area contributed by atoms with Gasteiger partial charge in [0.15, 0.2) is 5.84 Å². The van der Waals surface area contributed by atoms with Gasteiger partial charge in [0, 0.05) is 29.1 Å². The summed E-state index contributed by atoms with van der Waals surface area (Å²) in [5.74, 6) is -0.549. The molecule has 2 aliphatic heterocycles. The Morgan fingerprint density at radius 3 is 2.58 bits per heavy atom. The molecule has 0 atom stereocenters. The van der Waals surface area contributed by atoms with Gasteiger partial charge in [-0.05, 0) is 68.8 Å². The average Bonchev–Trinajstić information content (AvgIpc) is 3.37. The molecule has 1 amide bonds. The van der Waals surface area contributed by atoms with Crippen molar-refractivity contribution in [1.29, 1.82) is 5.41 Å². The molecule has 3 aromatic rings. The molecule has 10 heteroatoms. The first-order chi connectivity index (χ1) is 17.1. The number of carbonyl (C=O) groups excluding carboxylic acids is 1. The van der Waals surface area contributed by atoms with Crippen LogP contribution in [0, 0.1) is 43.2 Å². The number of aromatic nitrogens is 1. The minimum absolute atomic E-state index is 0.00270. The van der Waals surface area contributed by atoms with Gasteiger partial charge in [0.25, 0.3) is 11.6 Å². The summed E-state index contributed by atoms with van der Waals surface area (Å²) < 4.78 is 1.92. The van der Waals surface area contributed by atoms with Gasteiger partial charge in [-0.3, -0.25) is 20.3 Å². The Morgan fingerprint density at radius 2 is 1.86 bits per heavy atom. The van der Waals surface area contributed by atoms with Gasteiger partial charge in [0.2, 0.25) is 5.17 Å². The number of non-ortho nitro benzene ring substituents is 1. The van der Waals surface area contributed by atoms with E-state index >= 15 is 0 Å². The van der Waals surface area contributed by atoms with Crippen LogP contribution in [0.15, 0.2) is 64.2 Å². The van der Waals surface area contributed by atoms with Crippen LogP contribution in [0.2, 0.25) is 0 Å². The van der Waals surface area contributed by atoms with Gasteiger partial charge in [-0.25, -0.2) is 0 Å². The number of amidine groups is 2. The number of nitrogens with one attached hydrogen (secondary N) is 1. The Morgan fingerprint density at radius 1 is 1.08 bits per heavy atom. The molecule has 0 radical (unpaired) electrons. The van der Waals surface area contributed by atoms with E-state index in [9.17, 15) is 14.9 Å². The maximum absolute atomic E-state index is 12.9. The SMILES string of the molecule is Cc1cccc(C2=NN3C(=N)/C(=C\c4cc(C)n(-c5cc([N+](=O)[O-])ccc5C)c4C)C(=O)N=C3S2)c1. The molecule has 0 unspecified atom stereocenters. The van der Waals surface area contributed by atoms with Crippen LogP contribution in [-0.4, -0.2) is 36.5 Å². The number of aliphatic imine (C=N–C) groups is 1. The highest BCUT2D eigenvalue weighted by atomic mass is 32.2. The number of hydrogen-bond acceptors (Lipinski definition) is 6. The fraction of sp³-hybridized carbons (Fsp3) is 0.154.